The van der Waals surface area contributed by atoms with Crippen molar-refractivity contribution in [2.24, 2.45) is 0 Å². The summed E-state index contributed by atoms with van der Waals surface area (Å²) in [5.74, 6) is 3.07. The maximum atomic E-state index is 5.74. The first-order valence-electron chi connectivity index (χ1n) is 5.47. The Balaban J connectivity index is 2.59. The van der Waals surface area contributed by atoms with Crippen molar-refractivity contribution in [1.82, 2.24) is 0 Å². The molecule has 0 fully saturated rings. The largest absolute Gasteiger partial charge is 0.492 e. The molecule has 1 rings (SSSR count). The molecule has 3 heteroatoms. The SMILES string of the molecule is C=CCc1cc(N)ccc1OCCSCC. The summed E-state index contributed by atoms with van der Waals surface area (Å²) in [4.78, 5) is 0. The highest BCUT2D eigenvalue weighted by Crippen LogP contribution is 2.22. The number of benzene rings is 1. The minimum Gasteiger partial charge on any atom is -0.492 e. The molecule has 2 N–H and O–H groups in total. The zero-order valence-corrected chi connectivity index (χ0v) is 10.6. The highest BCUT2D eigenvalue weighted by molar-refractivity contribution is 7.99. The summed E-state index contributed by atoms with van der Waals surface area (Å²) in [5.41, 5.74) is 7.62. The number of hydrogen-bond donors (Lipinski definition) is 1. The van der Waals surface area contributed by atoms with Crippen LogP contribution in [0.3, 0.4) is 0 Å². The van der Waals surface area contributed by atoms with Gasteiger partial charge in [0.15, 0.2) is 0 Å². The molecule has 0 radical (unpaired) electrons. The standard InChI is InChI=1S/C13H19NOS/c1-3-5-11-10-12(14)6-7-13(11)15-8-9-16-4-2/h3,6-7,10H,1,4-5,8-9,14H2,2H3. The third-order valence-electron chi connectivity index (χ3n) is 2.14. The molecule has 16 heavy (non-hydrogen) atoms. The molecule has 0 aliphatic carbocycles. The Hall–Kier alpha value is -1.09. The maximum Gasteiger partial charge on any atom is 0.122 e. The van der Waals surface area contributed by atoms with Gasteiger partial charge in [-0.3, -0.25) is 0 Å². The van der Waals surface area contributed by atoms with E-state index in [-0.39, 0.29) is 0 Å². The van der Waals surface area contributed by atoms with Crippen molar-refractivity contribution in [2.45, 2.75) is 13.3 Å². The number of rotatable bonds is 7. The fourth-order valence-electron chi connectivity index (χ4n) is 1.41. The Kier molecular flexibility index (Phi) is 5.86. The molecule has 1 aromatic carbocycles. The zero-order chi connectivity index (χ0) is 11.8. The van der Waals surface area contributed by atoms with E-state index in [0.29, 0.717) is 0 Å². The van der Waals surface area contributed by atoms with E-state index < -0.39 is 0 Å². The van der Waals surface area contributed by atoms with Crippen LogP contribution in [0.2, 0.25) is 0 Å². The molecular formula is C13H19NOS. The van der Waals surface area contributed by atoms with Gasteiger partial charge in [0, 0.05) is 11.4 Å². The number of allylic oxidation sites excluding steroid dienone is 1. The lowest BCUT2D eigenvalue weighted by molar-refractivity contribution is 0.341. The second-order valence-electron chi connectivity index (χ2n) is 3.41. The quantitative estimate of drug-likeness (QED) is 0.449. The first kappa shape index (κ1) is 13.0. The van der Waals surface area contributed by atoms with E-state index in [1.165, 1.54) is 0 Å². The van der Waals surface area contributed by atoms with Crippen LogP contribution in [0.1, 0.15) is 12.5 Å². The topological polar surface area (TPSA) is 35.2 Å². The second kappa shape index (κ2) is 7.23. The number of anilines is 1. The lowest BCUT2D eigenvalue weighted by Gasteiger charge is -2.10. The van der Waals surface area contributed by atoms with Gasteiger partial charge in [-0.05, 0) is 35.9 Å². The van der Waals surface area contributed by atoms with Crippen molar-refractivity contribution < 1.29 is 4.74 Å². The Bertz CT molecular complexity index is 339. The van der Waals surface area contributed by atoms with E-state index in [9.17, 15) is 0 Å². The second-order valence-corrected chi connectivity index (χ2v) is 4.80. The van der Waals surface area contributed by atoms with Crippen LogP contribution in [0, 0.1) is 0 Å². The van der Waals surface area contributed by atoms with Crippen LogP contribution in [0.15, 0.2) is 30.9 Å². The Morgan fingerprint density at radius 1 is 1.50 bits per heavy atom. The summed E-state index contributed by atoms with van der Waals surface area (Å²) in [6.45, 7) is 6.63. The summed E-state index contributed by atoms with van der Waals surface area (Å²) >= 11 is 1.88. The van der Waals surface area contributed by atoms with Gasteiger partial charge in [0.25, 0.3) is 0 Å². The molecule has 88 valence electrons. The zero-order valence-electron chi connectivity index (χ0n) is 9.74. The number of nitrogens with two attached hydrogens (primary N) is 1. The monoisotopic (exact) mass is 237 g/mol. The molecule has 0 aliphatic rings. The number of hydrogen-bond acceptors (Lipinski definition) is 3. The van der Waals surface area contributed by atoms with Gasteiger partial charge >= 0.3 is 0 Å². The molecule has 0 aliphatic heterocycles. The Labute approximate surface area is 102 Å². The van der Waals surface area contributed by atoms with Crippen LogP contribution in [-0.2, 0) is 6.42 Å². The Morgan fingerprint density at radius 3 is 3.00 bits per heavy atom. The van der Waals surface area contributed by atoms with E-state index in [2.05, 4.69) is 13.5 Å². The average Bonchev–Trinajstić information content (AvgIpc) is 2.27. The first-order chi connectivity index (χ1) is 7.77. The van der Waals surface area contributed by atoms with Gasteiger partial charge in [0.1, 0.15) is 5.75 Å². The molecule has 0 atom stereocenters. The van der Waals surface area contributed by atoms with E-state index in [1.54, 1.807) is 0 Å². The van der Waals surface area contributed by atoms with Crippen molar-refractivity contribution >= 4 is 17.4 Å². The van der Waals surface area contributed by atoms with Gasteiger partial charge < -0.3 is 10.5 Å². The molecule has 0 saturated carbocycles. The molecule has 0 aromatic heterocycles. The summed E-state index contributed by atoms with van der Waals surface area (Å²) in [5, 5.41) is 0. The van der Waals surface area contributed by atoms with E-state index in [4.69, 9.17) is 10.5 Å². The minimum absolute atomic E-state index is 0.743. The molecule has 2 nitrogen and oxygen atoms in total. The van der Waals surface area contributed by atoms with Crippen LogP contribution >= 0.6 is 11.8 Å². The number of ether oxygens (including phenoxy) is 1. The van der Waals surface area contributed by atoms with Crippen LogP contribution in [0.5, 0.6) is 5.75 Å². The normalized spacial score (nSPS) is 10.1. The number of thioether (sulfide) groups is 1. The summed E-state index contributed by atoms with van der Waals surface area (Å²) in [6.07, 6.45) is 2.66. The highest BCUT2D eigenvalue weighted by atomic mass is 32.2. The van der Waals surface area contributed by atoms with E-state index in [0.717, 1.165) is 41.5 Å². The van der Waals surface area contributed by atoms with Crippen molar-refractivity contribution in [3.8, 4) is 5.75 Å². The van der Waals surface area contributed by atoms with Crippen LogP contribution in [0.25, 0.3) is 0 Å². The molecular weight excluding hydrogens is 218 g/mol. The first-order valence-corrected chi connectivity index (χ1v) is 6.63. The Morgan fingerprint density at radius 2 is 2.31 bits per heavy atom. The molecule has 0 unspecified atom stereocenters. The maximum absolute atomic E-state index is 5.74. The average molecular weight is 237 g/mol. The molecule has 0 heterocycles. The molecule has 0 spiro atoms. The molecule has 0 saturated heterocycles. The van der Waals surface area contributed by atoms with Crippen molar-refractivity contribution in [3.63, 3.8) is 0 Å². The minimum atomic E-state index is 0.743. The lowest BCUT2D eigenvalue weighted by atomic mass is 10.1. The fourth-order valence-corrected chi connectivity index (χ4v) is 1.90. The summed E-state index contributed by atoms with van der Waals surface area (Å²) in [6, 6.07) is 5.75. The molecule has 0 amide bonds. The van der Waals surface area contributed by atoms with Gasteiger partial charge in [-0.1, -0.05) is 13.0 Å². The summed E-state index contributed by atoms with van der Waals surface area (Å²) in [7, 11) is 0. The third-order valence-corrected chi connectivity index (χ3v) is 3.00. The van der Waals surface area contributed by atoms with Crippen LogP contribution < -0.4 is 10.5 Å². The van der Waals surface area contributed by atoms with E-state index in [1.807, 2.05) is 36.0 Å². The van der Waals surface area contributed by atoms with E-state index >= 15 is 0 Å². The number of nitrogen functional groups attached to an aromatic ring is 1. The predicted octanol–water partition coefficient (Wildman–Crippen LogP) is 3.13. The third kappa shape index (κ3) is 4.19. The van der Waals surface area contributed by atoms with Gasteiger partial charge in [0.05, 0.1) is 6.61 Å². The fraction of sp³-hybridized carbons (Fsp3) is 0.385. The van der Waals surface area contributed by atoms with Crippen LogP contribution in [0.4, 0.5) is 5.69 Å². The summed E-state index contributed by atoms with van der Waals surface area (Å²) < 4.78 is 5.72. The van der Waals surface area contributed by atoms with Crippen molar-refractivity contribution in [3.05, 3.63) is 36.4 Å². The van der Waals surface area contributed by atoms with Gasteiger partial charge in [-0.2, -0.15) is 11.8 Å². The van der Waals surface area contributed by atoms with Crippen LogP contribution in [-0.4, -0.2) is 18.1 Å². The molecule has 1 aromatic rings. The lowest BCUT2D eigenvalue weighted by Crippen LogP contribution is -2.03. The van der Waals surface area contributed by atoms with Crippen molar-refractivity contribution in [2.75, 3.05) is 23.8 Å². The predicted molar refractivity (Wildman–Crippen MR) is 73.2 cm³/mol. The van der Waals surface area contributed by atoms with Gasteiger partial charge in [0.2, 0.25) is 0 Å². The van der Waals surface area contributed by atoms with Crippen molar-refractivity contribution in [1.29, 1.82) is 0 Å². The highest BCUT2D eigenvalue weighted by Gasteiger charge is 2.02. The van der Waals surface area contributed by atoms with Gasteiger partial charge in [-0.15, -0.1) is 6.58 Å². The smallest absolute Gasteiger partial charge is 0.122 e. The van der Waals surface area contributed by atoms with Gasteiger partial charge in [-0.25, -0.2) is 0 Å². The molecule has 0 bridgehead atoms.